The van der Waals surface area contributed by atoms with E-state index in [0.29, 0.717) is 5.69 Å². The quantitative estimate of drug-likeness (QED) is 0.708. The van der Waals surface area contributed by atoms with E-state index in [9.17, 15) is 4.79 Å². The zero-order chi connectivity index (χ0) is 9.14. The summed E-state index contributed by atoms with van der Waals surface area (Å²) in [5.41, 5.74) is 7.11. The van der Waals surface area contributed by atoms with Gasteiger partial charge in [-0.1, -0.05) is 6.07 Å². The van der Waals surface area contributed by atoms with Crippen LogP contribution in [0.2, 0.25) is 0 Å². The lowest BCUT2D eigenvalue weighted by atomic mass is 10.1. The number of hydrogen-bond acceptors (Lipinski definition) is 3. The molecule has 3 nitrogen and oxygen atoms in total. The maximum absolute atomic E-state index is 10.9. The largest absolute Gasteiger partial charge is 0.317 e. The van der Waals surface area contributed by atoms with Gasteiger partial charge in [0.2, 0.25) is 0 Å². The molecule has 0 fully saturated rings. The molecule has 1 aromatic rings. The second-order valence-corrected chi connectivity index (χ2v) is 2.79. The summed E-state index contributed by atoms with van der Waals surface area (Å²) in [6.45, 7) is 3.34. The van der Waals surface area contributed by atoms with Crippen molar-refractivity contribution < 1.29 is 4.79 Å². The first-order chi connectivity index (χ1) is 5.61. The minimum atomic E-state index is -0.579. The number of Topliss-reactive ketones (excluding diaryl/α,β-unsaturated/α-hetero) is 1. The highest BCUT2D eigenvalue weighted by atomic mass is 16.1. The third-order valence-electron chi connectivity index (χ3n) is 1.67. The van der Waals surface area contributed by atoms with Crippen molar-refractivity contribution in [1.29, 1.82) is 0 Å². The van der Waals surface area contributed by atoms with Gasteiger partial charge in [-0.2, -0.15) is 0 Å². The van der Waals surface area contributed by atoms with Crippen LogP contribution in [0.1, 0.15) is 24.4 Å². The summed E-state index contributed by atoms with van der Waals surface area (Å²) < 4.78 is 0. The third-order valence-corrected chi connectivity index (χ3v) is 1.67. The van der Waals surface area contributed by atoms with Gasteiger partial charge in [0, 0.05) is 5.69 Å². The SMILES string of the molecule is CC(=O)C(N)c1cccc(C)n1. The van der Waals surface area contributed by atoms with Gasteiger partial charge in [-0.05, 0) is 26.0 Å². The van der Waals surface area contributed by atoms with Gasteiger partial charge in [-0.3, -0.25) is 9.78 Å². The van der Waals surface area contributed by atoms with Gasteiger partial charge in [0.25, 0.3) is 0 Å². The number of carbonyl (C=O) groups is 1. The van der Waals surface area contributed by atoms with Crippen molar-refractivity contribution in [2.45, 2.75) is 19.9 Å². The number of pyridine rings is 1. The molecule has 1 rings (SSSR count). The summed E-state index contributed by atoms with van der Waals surface area (Å²) in [5, 5.41) is 0. The van der Waals surface area contributed by atoms with E-state index in [-0.39, 0.29) is 5.78 Å². The van der Waals surface area contributed by atoms with Gasteiger partial charge in [0.1, 0.15) is 6.04 Å². The molecular weight excluding hydrogens is 152 g/mol. The van der Waals surface area contributed by atoms with Crippen LogP contribution in [0.15, 0.2) is 18.2 Å². The summed E-state index contributed by atoms with van der Waals surface area (Å²) in [6, 6.07) is 4.90. The number of carbonyl (C=O) groups excluding carboxylic acids is 1. The van der Waals surface area contributed by atoms with E-state index in [1.807, 2.05) is 19.1 Å². The molecule has 0 saturated heterocycles. The van der Waals surface area contributed by atoms with Crippen LogP contribution >= 0.6 is 0 Å². The normalized spacial score (nSPS) is 12.6. The molecule has 2 N–H and O–H groups in total. The molecule has 0 spiro atoms. The summed E-state index contributed by atoms with van der Waals surface area (Å²) in [7, 11) is 0. The Morgan fingerprint density at radius 1 is 1.58 bits per heavy atom. The number of ketones is 1. The molecule has 1 unspecified atom stereocenters. The first-order valence-corrected chi connectivity index (χ1v) is 3.81. The summed E-state index contributed by atoms with van der Waals surface area (Å²) in [6.07, 6.45) is 0. The van der Waals surface area contributed by atoms with Gasteiger partial charge in [-0.15, -0.1) is 0 Å². The van der Waals surface area contributed by atoms with E-state index in [1.54, 1.807) is 6.07 Å². The van der Waals surface area contributed by atoms with E-state index >= 15 is 0 Å². The van der Waals surface area contributed by atoms with Crippen molar-refractivity contribution in [2.75, 3.05) is 0 Å². The fourth-order valence-corrected chi connectivity index (χ4v) is 0.946. The zero-order valence-corrected chi connectivity index (χ0v) is 7.24. The monoisotopic (exact) mass is 164 g/mol. The van der Waals surface area contributed by atoms with Crippen molar-refractivity contribution >= 4 is 5.78 Å². The highest BCUT2D eigenvalue weighted by Gasteiger charge is 2.11. The molecule has 1 heterocycles. The second-order valence-electron chi connectivity index (χ2n) is 2.79. The Labute approximate surface area is 71.6 Å². The Morgan fingerprint density at radius 2 is 2.25 bits per heavy atom. The first kappa shape index (κ1) is 8.87. The molecule has 0 aliphatic heterocycles. The maximum Gasteiger partial charge on any atom is 0.152 e. The highest BCUT2D eigenvalue weighted by molar-refractivity contribution is 5.82. The van der Waals surface area contributed by atoms with Crippen LogP contribution < -0.4 is 5.73 Å². The Kier molecular flexibility index (Phi) is 2.55. The Morgan fingerprint density at radius 3 is 2.75 bits per heavy atom. The average Bonchev–Trinajstić information content (AvgIpc) is 2.03. The topological polar surface area (TPSA) is 56.0 Å². The average molecular weight is 164 g/mol. The predicted octanol–water partition coefficient (Wildman–Crippen LogP) is 0.979. The van der Waals surface area contributed by atoms with Crippen molar-refractivity contribution in [3.05, 3.63) is 29.6 Å². The van der Waals surface area contributed by atoms with Gasteiger partial charge in [0.15, 0.2) is 5.78 Å². The molecule has 0 bridgehead atoms. The van der Waals surface area contributed by atoms with Crippen LogP contribution in [0.25, 0.3) is 0 Å². The van der Waals surface area contributed by atoms with E-state index in [1.165, 1.54) is 6.92 Å². The second kappa shape index (κ2) is 3.45. The Hall–Kier alpha value is -1.22. The van der Waals surface area contributed by atoms with Gasteiger partial charge in [0.05, 0.1) is 5.69 Å². The minimum Gasteiger partial charge on any atom is -0.317 e. The number of nitrogens with two attached hydrogens (primary N) is 1. The number of aryl methyl sites for hydroxylation is 1. The zero-order valence-electron chi connectivity index (χ0n) is 7.24. The van der Waals surface area contributed by atoms with Crippen LogP contribution in [0, 0.1) is 6.92 Å². The molecule has 1 atom stereocenters. The molecule has 12 heavy (non-hydrogen) atoms. The van der Waals surface area contributed by atoms with Gasteiger partial charge >= 0.3 is 0 Å². The van der Waals surface area contributed by atoms with Gasteiger partial charge in [-0.25, -0.2) is 0 Å². The molecular formula is C9H12N2O. The van der Waals surface area contributed by atoms with Crippen molar-refractivity contribution in [2.24, 2.45) is 5.73 Å². The number of hydrogen-bond donors (Lipinski definition) is 1. The lowest BCUT2D eigenvalue weighted by molar-refractivity contribution is -0.118. The maximum atomic E-state index is 10.9. The molecule has 0 aliphatic carbocycles. The smallest absolute Gasteiger partial charge is 0.152 e. The molecule has 3 heteroatoms. The van der Waals surface area contributed by atoms with Crippen molar-refractivity contribution in [3.8, 4) is 0 Å². The van der Waals surface area contributed by atoms with Gasteiger partial charge < -0.3 is 5.73 Å². The third kappa shape index (κ3) is 1.89. The minimum absolute atomic E-state index is 0.0619. The summed E-state index contributed by atoms with van der Waals surface area (Å²) in [4.78, 5) is 15.0. The van der Waals surface area contributed by atoms with E-state index in [2.05, 4.69) is 4.98 Å². The van der Waals surface area contributed by atoms with Crippen LogP contribution in [0.5, 0.6) is 0 Å². The molecule has 0 saturated carbocycles. The van der Waals surface area contributed by atoms with Crippen LogP contribution in [-0.2, 0) is 4.79 Å². The first-order valence-electron chi connectivity index (χ1n) is 3.81. The molecule has 0 aromatic carbocycles. The summed E-state index contributed by atoms with van der Waals surface area (Å²) >= 11 is 0. The number of aromatic nitrogens is 1. The van der Waals surface area contributed by atoms with Crippen molar-refractivity contribution in [3.63, 3.8) is 0 Å². The van der Waals surface area contributed by atoms with Crippen LogP contribution in [0.4, 0.5) is 0 Å². The summed E-state index contributed by atoms with van der Waals surface area (Å²) in [5.74, 6) is -0.0619. The Balaban J connectivity index is 2.95. The van der Waals surface area contributed by atoms with E-state index in [4.69, 9.17) is 5.73 Å². The molecule has 1 aromatic heterocycles. The molecule has 0 amide bonds. The lowest BCUT2D eigenvalue weighted by Gasteiger charge is -2.06. The van der Waals surface area contributed by atoms with Crippen molar-refractivity contribution in [1.82, 2.24) is 4.98 Å². The van der Waals surface area contributed by atoms with Crippen LogP contribution in [0.3, 0.4) is 0 Å². The standard InChI is InChI=1S/C9H12N2O/c1-6-4-3-5-8(11-6)9(10)7(2)12/h3-5,9H,10H2,1-2H3. The molecule has 64 valence electrons. The lowest BCUT2D eigenvalue weighted by Crippen LogP contribution is -2.19. The predicted molar refractivity (Wildman–Crippen MR) is 46.6 cm³/mol. The van der Waals surface area contributed by atoms with Crippen LogP contribution in [-0.4, -0.2) is 10.8 Å². The highest BCUT2D eigenvalue weighted by Crippen LogP contribution is 2.07. The number of rotatable bonds is 2. The van der Waals surface area contributed by atoms with E-state index < -0.39 is 6.04 Å². The number of nitrogens with zero attached hydrogens (tertiary/aromatic N) is 1. The fourth-order valence-electron chi connectivity index (χ4n) is 0.946. The molecule has 0 radical (unpaired) electrons. The molecule has 0 aliphatic rings. The van der Waals surface area contributed by atoms with E-state index in [0.717, 1.165) is 5.69 Å². The fraction of sp³-hybridized carbons (Fsp3) is 0.333. The Bertz CT molecular complexity index is 296.